The Labute approximate surface area is 100 Å². The summed E-state index contributed by atoms with van der Waals surface area (Å²) >= 11 is 1.46. The van der Waals surface area contributed by atoms with Crippen LogP contribution in [0.5, 0.6) is 0 Å². The first-order chi connectivity index (χ1) is 7.50. The van der Waals surface area contributed by atoms with Crippen molar-refractivity contribution in [2.75, 3.05) is 6.54 Å². The highest BCUT2D eigenvalue weighted by atomic mass is 32.1. The van der Waals surface area contributed by atoms with Gasteiger partial charge in [-0.1, -0.05) is 6.92 Å². The predicted octanol–water partition coefficient (Wildman–Crippen LogP) is 2.19. The summed E-state index contributed by atoms with van der Waals surface area (Å²) in [4.78, 5) is 12.5. The monoisotopic (exact) mass is 241 g/mol. The number of carbonyl (C=O) groups excluding carboxylic acids is 1. The third-order valence-electron chi connectivity index (χ3n) is 2.42. The minimum atomic E-state index is -0.310. The van der Waals surface area contributed by atoms with Gasteiger partial charge in [-0.3, -0.25) is 4.79 Å². The molecule has 0 fully saturated rings. The van der Waals surface area contributed by atoms with E-state index in [0.717, 1.165) is 10.4 Å². The summed E-state index contributed by atoms with van der Waals surface area (Å²) in [5, 5.41) is 14.0. The van der Waals surface area contributed by atoms with Gasteiger partial charge >= 0.3 is 0 Å². The van der Waals surface area contributed by atoms with Crippen LogP contribution in [0, 0.1) is 12.8 Å². The smallest absolute Gasteiger partial charge is 0.261 e. The van der Waals surface area contributed by atoms with Crippen molar-refractivity contribution in [2.24, 2.45) is 5.92 Å². The highest BCUT2D eigenvalue weighted by molar-refractivity contribution is 7.12. The molecule has 1 aromatic rings. The first-order valence-electron chi connectivity index (χ1n) is 5.51. The number of rotatable bonds is 5. The maximum Gasteiger partial charge on any atom is 0.261 e. The van der Waals surface area contributed by atoms with Gasteiger partial charge in [-0.15, -0.1) is 11.3 Å². The number of aliphatic hydroxyl groups is 1. The van der Waals surface area contributed by atoms with Gasteiger partial charge in [0.05, 0.1) is 11.0 Å². The van der Waals surface area contributed by atoms with Gasteiger partial charge in [-0.2, -0.15) is 0 Å². The summed E-state index contributed by atoms with van der Waals surface area (Å²) in [6.45, 7) is 6.34. The average molecular weight is 241 g/mol. The molecule has 1 aromatic heterocycles. The number of carbonyl (C=O) groups is 1. The van der Waals surface area contributed by atoms with Crippen LogP contribution >= 0.6 is 11.3 Å². The van der Waals surface area contributed by atoms with Crippen molar-refractivity contribution in [2.45, 2.75) is 33.3 Å². The van der Waals surface area contributed by atoms with Crippen molar-refractivity contribution < 1.29 is 9.90 Å². The van der Waals surface area contributed by atoms with Gasteiger partial charge < -0.3 is 10.4 Å². The molecule has 1 heterocycles. The van der Waals surface area contributed by atoms with Crippen molar-refractivity contribution in [1.29, 1.82) is 0 Å². The summed E-state index contributed by atoms with van der Waals surface area (Å²) in [5.74, 6) is 0.286. The van der Waals surface area contributed by atoms with Crippen molar-refractivity contribution in [3.8, 4) is 0 Å². The minimum absolute atomic E-state index is 0.00931. The SMILES string of the molecule is Cc1ccsc1C(=O)NCC(C)CC(C)O. The molecule has 2 N–H and O–H groups in total. The quantitative estimate of drug-likeness (QED) is 0.830. The molecule has 3 nitrogen and oxygen atoms in total. The molecule has 0 aliphatic heterocycles. The number of aliphatic hydroxyl groups excluding tert-OH is 1. The number of aryl methyl sites for hydroxylation is 1. The van der Waals surface area contributed by atoms with E-state index in [1.807, 2.05) is 25.3 Å². The molecule has 1 rings (SSSR count). The van der Waals surface area contributed by atoms with Crippen LogP contribution in [0.1, 0.15) is 35.5 Å². The summed E-state index contributed by atoms with van der Waals surface area (Å²) in [5.41, 5.74) is 1.02. The highest BCUT2D eigenvalue weighted by Crippen LogP contribution is 2.15. The van der Waals surface area contributed by atoms with E-state index in [0.29, 0.717) is 18.9 Å². The summed E-state index contributed by atoms with van der Waals surface area (Å²) in [6.07, 6.45) is 0.402. The van der Waals surface area contributed by atoms with E-state index in [4.69, 9.17) is 0 Å². The molecule has 16 heavy (non-hydrogen) atoms. The molecule has 0 saturated carbocycles. The summed E-state index contributed by atoms with van der Waals surface area (Å²) in [6, 6.07) is 1.94. The molecule has 0 radical (unpaired) electrons. The molecule has 0 spiro atoms. The van der Waals surface area contributed by atoms with Crippen LogP contribution in [-0.2, 0) is 0 Å². The number of hydrogen-bond acceptors (Lipinski definition) is 3. The second kappa shape index (κ2) is 6.01. The Morgan fingerprint density at radius 1 is 1.56 bits per heavy atom. The minimum Gasteiger partial charge on any atom is -0.393 e. The normalized spacial score (nSPS) is 14.5. The van der Waals surface area contributed by atoms with Crippen molar-refractivity contribution in [1.82, 2.24) is 5.32 Å². The Morgan fingerprint density at radius 2 is 2.25 bits per heavy atom. The lowest BCUT2D eigenvalue weighted by atomic mass is 10.0. The van der Waals surface area contributed by atoms with Crippen molar-refractivity contribution >= 4 is 17.2 Å². The van der Waals surface area contributed by atoms with Gasteiger partial charge in [-0.05, 0) is 43.2 Å². The number of hydrogen-bond donors (Lipinski definition) is 2. The first-order valence-corrected chi connectivity index (χ1v) is 6.39. The molecule has 2 atom stereocenters. The maximum atomic E-state index is 11.8. The van der Waals surface area contributed by atoms with Crippen molar-refractivity contribution in [3.05, 3.63) is 21.9 Å². The Morgan fingerprint density at radius 3 is 2.75 bits per heavy atom. The van der Waals surface area contributed by atoms with E-state index in [1.165, 1.54) is 11.3 Å². The zero-order chi connectivity index (χ0) is 12.1. The van der Waals surface area contributed by atoms with E-state index in [1.54, 1.807) is 6.92 Å². The first kappa shape index (κ1) is 13.2. The van der Waals surface area contributed by atoms with Gasteiger partial charge in [0, 0.05) is 6.54 Å². The lowest BCUT2D eigenvalue weighted by Gasteiger charge is -2.13. The lowest BCUT2D eigenvalue weighted by Crippen LogP contribution is -2.29. The average Bonchev–Trinajstić information content (AvgIpc) is 2.60. The van der Waals surface area contributed by atoms with Crippen LogP contribution in [-0.4, -0.2) is 23.7 Å². The van der Waals surface area contributed by atoms with E-state index in [-0.39, 0.29) is 12.0 Å². The molecule has 0 aromatic carbocycles. The number of amides is 1. The molecular formula is C12H19NO2S. The van der Waals surface area contributed by atoms with E-state index in [2.05, 4.69) is 5.32 Å². The largest absolute Gasteiger partial charge is 0.393 e. The van der Waals surface area contributed by atoms with Crippen LogP contribution in [0.4, 0.5) is 0 Å². The van der Waals surface area contributed by atoms with Crippen LogP contribution in [0.15, 0.2) is 11.4 Å². The standard InChI is InChI=1S/C12H19NO2S/c1-8(6-10(3)14)7-13-12(15)11-9(2)4-5-16-11/h4-5,8,10,14H,6-7H2,1-3H3,(H,13,15). The maximum absolute atomic E-state index is 11.8. The summed E-state index contributed by atoms with van der Waals surface area (Å²) < 4.78 is 0. The second-order valence-corrected chi connectivity index (χ2v) is 5.25. The zero-order valence-electron chi connectivity index (χ0n) is 9.99. The van der Waals surface area contributed by atoms with Crippen LogP contribution in [0.25, 0.3) is 0 Å². The van der Waals surface area contributed by atoms with Crippen LogP contribution < -0.4 is 5.32 Å². The fraction of sp³-hybridized carbons (Fsp3) is 0.583. The molecule has 90 valence electrons. The Hall–Kier alpha value is -0.870. The lowest BCUT2D eigenvalue weighted by molar-refractivity contribution is 0.0943. The van der Waals surface area contributed by atoms with Gasteiger partial charge in [-0.25, -0.2) is 0 Å². The summed E-state index contributed by atoms with van der Waals surface area (Å²) in [7, 11) is 0. The van der Waals surface area contributed by atoms with E-state index < -0.39 is 0 Å². The molecular weight excluding hydrogens is 222 g/mol. The van der Waals surface area contributed by atoms with Gasteiger partial charge in [0.2, 0.25) is 0 Å². The second-order valence-electron chi connectivity index (χ2n) is 4.33. The van der Waals surface area contributed by atoms with Gasteiger partial charge in [0.1, 0.15) is 0 Å². The number of thiophene rings is 1. The Bertz CT molecular complexity index is 347. The molecule has 0 aliphatic carbocycles. The molecule has 0 bridgehead atoms. The fourth-order valence-electron chi connectivity index (χ4n) is 1.62. The molecule has 4 heteroatoms. The number of nitrogens with one attached hydrogen (secondary N) is 1. The molecule has 2 unspecified atom stereocenters. The molecule has 0 saturated heterocycles. The highest BCUT2D eigenvalue weighted by Gasteiger charge is 2.12. The molecule has 0 aliphatic rings. The van der Waals surface area contributed by atoms with Crippen molar-refractivity contribution in [3.63, 3.8) is 0 Å². The Kier molecular flexibility index (Phi) is 4.96. The Balaban J connectivity index is 2.39. The third kappa shape index (κ3) is 3.94. The zero-order valence-corrected chi connectivity index (χ0v) is 10.8. The topological polar surface area (TPSA) is 49.3 Å². The third-order valence-corrected chi connectivity index (χ3v) is 3.44. The van der Waals surface area contributed by atoms with E-state index >= 15 is 0 Å². The van der Waals surface area contributed by atoms with Gasteiger partial charge in [0.15, 0.2) is 0 Å². The fourth-order valence-corrected chi connectivity index (χ4v) is 2.46. The molecule has 1 amide bonds. The van der Waals surface area contributed by atoms with Crippen LogP contribution in [0.3, 0.4) is 0 Å². The predicted molar refractivity (Wildman–Crippen MR) is 66.9 cm³/mol. The van der Waals surface area contributed by atoms with E-state index in [9.17, 15) is 9.90 Å². The van der Waals surface area contributed by atoms with Gasteiger partial charge in [0.25, 0.3) is 5.91 Å². The van der Waals surface area contributed by atoms with Crippen LogP contribution in [0.2, 0.25) is 0 Å².